The molecule has 1 aliphatic heterocycles. The van der Waals surface area contributed by atoms with Crippen LogP contribution in [-0.2, 0) is 9.78 Å². The second kappa shape index (κ2) is 4.70. The molecule has 0 amide bonds. The average molecular weight is 205 g/mol. The van der Waals surface area contributed by atoms with Crippen molar-refractivity contribution in [2.24, 2.45) is 4.99 Å². The molecule has 0 bridgehead atoms. The van der Waals surface area contributed by atoms with E-state index in [0.717, 1.165) is 0 Å². The Morgan fingerprint density at radius 3 is 2.57 bits per heavy atom. The molecule has 1 rings (SSSR count). The largest absolute Gasteiger partial charge is 0.393 e. The van der Waals surface area contributed by atoms with Crippen LogP contribution in [0.2, 0.25) is 0 Å². The number of rotatable bonds is 1. The highest BCUT2D eigenvalue weighted by atomic mass is 17.2. The van der Waals surface area contributed by atoms with Crippen LogP contribution in [0.3, 0.4) is 0 Å². The normalized spacial score (nSPS) is 43.1. The van der Waals surface area contributed by atoms with Gasteiger partial charge in [-0.1, -0.05) is 0 Å². The lowest BCUT2D eigenvalue weighted by Crippen LogP contribution is -2.47. The third kappa shape index (κ3) is 2.42. The van der Waals surface area contributed by atoms with Gasteiger partial charge < -0.3 is 20.2 Å². The molecule has 3 N–H and O–H groups in total. The Balaban J connectivity index is 2.79. The Kier molecular flexibility index (Phi) is 3.82. The highest BCUT2D eigenvalue weighted by Gasteiger charge is 2.33. The number of aliphatic imine (C=N–C) groups is 1. The maximum Gasteiger partial charge on any atom is 0.224 e. The van der Waals surface area contributed by atoms with Gasteiger partial charge in [-0.25, -0.2) is 4.99 Å². The maximum atomic E-state index is 9.57. The third-order valence-corrected chi connectivity index (χ3v) is 2.08. The van der Waals surface area contributed by atoms with Crippen LogP contribution in [0.25, 0.3) is 0 Å². The second-order valence-corrected chi connectivity index (χ2v) is 3.27. The third-order valence-electron chi connectivity index (χ3n) is 2.08. The van der Waals surface area contributed by atoms with E-state index in [4.69, 9.17) is 9.99 Å². The van der Waals surface area contributed by atoms with Crippen LogP contribution < -0.4 is 0 Å². The van der Waals surface area contributed by atoms with E-state index in [-0.39, 0.29) is 5.90 Å². The van der Waals surface area contributed by atoms with E-state index in [1.54, 1.807) is 13.8 Å². The van der Waals surface area contributed by atoms with Crippen LogP contribution in [0.15, 0.2) is 4.99 Å². The molecular weight excluding hydrogens is 190 g/mol. The van der Waals surface area contributed by atoms with Crippen molar-refractivity contribution in [3.8, 4) is 0 Å². The van der Waals surface area contributed by atoms with Gasteiger partial charge in [0.15, 0.2) is 6.10 Å². The van der Waals surface area contributed by atoms with Gasteiger partial charge in [0, 0.05) is 6.92 Å². The summed E-state index contributed by atoms with van der Waals surface area (Å²) in [7, 11) is 0. The first-order chi connectivity index (χ1) is 6.56. The molecule has 0 spiro atoms. The minimum atomic E-state index is -1.22. The van der Waals surface area contributed by atoms with E-state index in [1.165, 1.54) is 0 Å². The quantitative estimate of drug-likeness (QED) is 0.469. The minimum absolute atomic E-state index is 0.252. The molecule has 0 aromatic rings. The molecular formula is C8H15NO5. The maximum absolute atomic E-state index is 9.57. The van der Waals surface area contributed by atoms with E-state index in [9.17, 15) is 10.2 Å². The highest BCUT2D eigenvalue weighted by Crippen LogP contribution is 2.13. The number of aliphatic hydroxyl groups excluding tert-OH is 3. The Morgan fingerprint density at radius 1 is 1.36 bits per heavy atom. The van der Waals surface area contributed by atoms with E-state index in [0.29, 0.717) is 0 Å². The number of nitrogens with zero attached hydrogens (tertiary/aromatic N) is 1. The molecule has 1 aliphatic rings. The molecule has 0 aromatic heterocycles. The predicted octanol–water partition coefficient (Wildman–Crippen LogP) is -1.16. The fraction of sp³-hybridized carbons (Fsp3) is 0.875. The summed E-state index contributed by atoms with van der Waals surface area (Å²) >= 11 is 0. The molecule has 0 aliphatic carbocycles. The van der Waals surface area contributed by atoms with Crippen molar-refractivity contribution in [1.82, 2.24) is 0 Å². The molecule has 6 nitrogen and oxygen atoms in total. The molecule has 0 aromatic carbocycles. The van der Waals surface area contributed by atoms with Crippen LogP contribution in [-0.4, -0.2) is 52.2 Å². The van der Waals surface area contributed by atoms with Crippen molar-refractivity contribution in [2.45, 2.75) is 38.2 Å². The summed E-state index contributed by atoms with van der Waals surface area (Å²) < 4.78 is 0. The molecule has 2 unspecified atom stereocenters. The second-order valence-electron chi connectivity index (χ2n) is 3.27. The van der Waals surface area contributed by atoms with Crippen LogP contribution in [0.1, 0.15) is 13.8 Å². The van der Waals surface area contributed by atoms with Crippen molar-refractivity contribution in [3.63, 3.8) is 0 Å². The van der Waals surface area contributed by atoms with Crippen molar-refractivity contribution in [1.29, 1.82) is 0 Å². The monoisotopic (exact) mass is 205 g/mol. The fourth-order valence-electron chi connectivity index (χ4n) is 1.22. The lowest BCUT2D eigenvalue weighted by Gasteiger charge is -2.28. The summed E-state index contributed by atoms with van der Waals surface area (Å²) in [4.78, 5) is 13.3. The van der Waals surface area contributed by atoms with Gasteiger partial charge in [-0.2, -0.15) is 4.89 Å². The molecule has 6 heteroatoms. The van der Waals surface area contributed by atoms with Gasteiger partial charge in [0.2, 0.25) is 5.90 Å². The van der Waals surface area contributed by atoms with Gasteiger partial charge in [-0.15, -0.1) is 0 Å². The van der Waals surface area contributed by atoms with Crippen LogP contribution in [0.4, 0.5) is 0 Å². The van der Waals surface area contributed by atoms with Crippen molar-refractivity contribution >= 4 is 5.90 Å². The summed E-state index contributed by atoms with van der Waals surface area (Å²) in [5, 5.41) is 27.9. The zero-order chi connectivity index (χ0) is 10.7. The van der Waals surface area contributed by atoms with Gasteiger partial charge in [-0.3, -0.25) is 0 Å². The number of hydrogen-bond acceptors (Lipinski definition) is 6. The van der Waals surface area contributed by atoms with Gasteiger partial charge in [0.25, 0.3) is 0 Å². The molecule has 0 saturated carbocycles. The molecule has 0 fully saturated rings. The summed E-state index contributed by atoms with van der Waals surface area (Å²) in [6, 6.07) is -0.497. The van der Waals surface area contributed by atoms with Crippen LogP contribution in [0.5, 0.6) is 0 Å². The first-order valence-corrected chi connectivity index (χ1v) is 4.41. The summed E-state index contributed by atoms with van der Waals surface area (Å²) in [5.41, 5.74) is 0. The molecule has 82 valence electrons. The topological polar surface area (TPSA) is 91.5 Å². The molecule has 1 heterocycles. The Hall–Kier alpha value is -0.690. The molecule has 14 heavy (non-hydrogen) atoms. The van der Waals surface area contributed by atoms with Gasteiger partial charge >= 0.3 is 0 Å². The molecule has 0 saturated heterocycles. The van der Waals surface area contributed by atoms with E-state index in [2.05, 4.69) is 9.88 Å². The molecule has 0 radical (unpaired) electrons. The lowest BCUT2D eigenvalue weighted by molar-refractivity contribution is -0.297. The van der Waals surface area contributed by atoms with Crippen LogP contribution >= 0.6 is 0 Å². The number of aliphatic hydroxyl groups is 3. The molecule has 4 atom stereocenters. The van der Waals surface area contributed by atoms with Gasteiger partial charge in [-0.05, 0) is 6.92 Å². The summed E-state index contributed by atoms with van der Waals surface area (Å²) in [6.45, 7) is 2.77. The minimum Gasteiger partial charge on any atom is -0.393 e. The van der Waals surface area contributed by atoms with Gasteiger partial charge in [0.05, 0.1) is 12.6 Å². The average Bonchev–Trinajstić information content (AvgIpc) is 2.15. The van der Waals surface area contributed by atoms with E-state index < -0.39 is 31.0 Å². The van der Waals surface area contributed by atoms with Crippen LogP contribution in [0, 0.1) is 0 Å². The Bertz CT molecular complexity index is 220. The van der Waals surface area contributed by atoms with Crippen molar-refractivity contribution < 1.29 is 25.1 Å². The standard InChI is InChI=1S/C8H15NO5/c1-4-7(11)8(12)6(3-10)14-13-5(2)9-4/h4,6-8,10-12H,3H2,1-2H3/b9-5-/t4-,6?,7?,8-/m1/s1. The smallest absolute Gasteiger partial charge is 0.224 e. The summed E-state index contributed by atoms with van der Waals surface area (Å²) in [6.07, 6.45) is -3.25. The zero-order valence-electron chi connectivity index (χ0n) is 8.12. The van der Waals surface area contributed by atoms with E-state index >= 15 is 0 Å². The fourth-order valence-corrected chi connectivity index (χ4v) is 1.22. The Morgan fingerprint density at radius 2 is 2.00 bits per heavy atom. The van der Waals surface area contributed by atoms with E-state index in [1.807, 2.05) is 0 Å². The first-order valence-electron chi connectivity index (χ1n) is 4.41. The van der Waals surface area contributed by atoms with Crippen molar-refractivity contribution in [3.05, 3.63) is 0 Å². The Labute approximate surface area is 81.7 Å². The predicted molar refractivity (Wildman–Crippen MR) is 47.6 cm³/mol. The first kappa shape index (κ1) is 11.4. The SMILES string of the molecule is C/C1=N/[C@H](C)C(O)[C@H](O)C(CO)OO1. The lowest BCUT2D eigenvalue weighted by atomic mass is 10.0. The van der Waals surface area contributed by atoms with Gasteiger partial charge in [0.1, 0.15) is 12.2 Å². The number of hydrogen-bond donors (Lipinski definition) is 3. The zero-order valence-corrected chi connectivity index (χ0v) is 8.12. The highest BCUT2D eigenvalue weighted by molar-refractivity contribution is 5.72. The summed E-state index contributed by atoms with van der Waals surface area (Å²) in [5.74, 6) is 0.252. The van der Waals surface area contributed by atoms with Crippen molar-refractivity contribution in [2.75, 3.05) is 6.61 Å².